The van der Waals surface area contributed by atoms with E-state index in [9.17, 15) is 18.0 Å². The molecular weight excluding hydrogens is 233 g/mol. The Morgan fingerprint density at radius 2 is 2.00 bits per heavy atom. The van der Waals surface area contributed by atoms with Crippen molar-refractivity contribution in [2.75, 3.05) is 0 Å². The number of alkyl halides is 2. The Morgan fingerprint density at radius 3 is 2.47 bits per heavy atom. The van der Waals surface area contributed by atoms with Crippen molar-refractivity contribution in [1.29, 1.82) is 0 Å². The number of halogens is 3. The van der Waals surface area contributed by atoms with Crippen molar-refractivity contribution >= 4 is 5.97 Å². The van der Waals surface area contributed by atoms with Crippen LogP contribution in [0.15, 0.2) is 18.2 Å². The fourth-order valence-electron chi connectivity index (χ4n) is 1.53. The molecule has 0 radical (unpaired) electrons. The zero-order valence-corrected chi connectivity index (χ0v) is 9.51. The molecule has 0 aliphatic carbocycles. The number of hydrogen-bond donors (Lipinski definition) is 1. The lowest BCUT2D eigenvalue weighted by atomic mass is 9.84. The highest BCUT2D eigenvalue weighted by atomic mass is 19.3. The number of carboxylic acid groups (broad SMARTS) is 1. The highest BCUT2D eigenvalue weighted by molar-refractivity contribution is 5.74. The first-order valence-electron chi connectivity index (χ1n) is 5.04. The van der Waals surface area contributed by atoms with Crippen LogP contribution in [0.2, 0.25) is 0 Å². The summed E-state index contributed by atoms with van der Waals surface area (Å²) in [5.41, 5.74) is -1.88. The van der Waals surface area contributed by atoms with Crippen molar-refractivity contribution in [3.05, 3.63) is 35.1 Å². The summed E-state index contributed by atoms with van der Waals surface area (Å²) >= 11 is 0. The van der Waals surface area contributed by atoms with Gasteiger partial charge in [-0.3, -0.25) is 4.79 Å². The molecule has 0 saturated carbocycles. The summed E-state index contributed by atoms with van der Waals surface area (Å²) in [6.07, 6.45) is -3.09. The summed E-state index contributed by atoms with van der Waals surface area (Å²) in [6, 6.07) is 3.57. The van der Waals surface area contributed by atoms with Crippen molar-refractivity contribution in [3.8, 4) is 0 Å². The van der Waals surface area contributed by atoms with E-state index >= 15 is 0 Å². The molecule has 0 aliphatic heterocycles. The SMILES string of the molecule is CC(C)(Cc1cccc(F)c1C(F)F)C(=O)O. The Labute approximate surface area is 97.1 Å². The Bertz CT molecular complexity index is 428. The highest BCUT2D eigenvalue weighted by Gasteiger charge is 2.30. The molecule has 1 aromatic rings. The van der Waals surface area contributed by atoms with E-state index in [2.05, 4.69) is 0 Å². The molecule has 0 bridgehead atoms. The molecule has 94 valence electrons. The third-order valence-electron chi connectivity index (χ3n) is 2.57. The van der Waals surface area contributed by atoms with Gasteiger partial charge >= 0.3 is 5.97 Å². The van der Waals surface area contributed by atoms with Crippen LogP contribution in [-0.2, 0) is 11.2 Å². The molecular formula is C12H13F3O2. The van der Waals surface area contributed by atoms with Crippen LogP contribution in [0, 0.1) is 11.2 Å². The van der Waals surface area contributed by atoms with Gasteiger partial charge in [-0.25, -0.2) is 13.2 Å². The summed E-state index contributed by atoms with van der Waals surface area (Å²) in [4.78, 5) is 10.9. The molecule has 0 fully saturated rings. The van der Waals surface area contributed by atoms with E-state index in [0.717, 1.165) is 6.07 Å². The standard InChI is InChI=1S/C12H13F3O2/c1-12(2,11(16)17)6-7-4-3-5-8(13)9(7)10(14)15/h3-5,10H,6H2,1-2H3,(H,16,17). The van der Waals surface area contributed by atoms with Gasteiger partial charge in [0.25, 0.3) is 6.43 Å². The molecule has 0 atom stereocenters. The van der Waals surface area contributed by atoms with Crippen LogP contribution in [0.1, 0.15) is 31.4 Å². The number of benzene rings is 1. The number of carboxylic acids is 1. The van der Waals surface area contributed by atoms with Crippen molar-refractivity contribution in [2.45, 2.75) is 26.7 Å². The zero-order valence-electron chi connectivity index (χ0n) is 9.51. The van der Waals surface area contributed by atoms with Gasteiger partial charge in [-0.05, 0) is 31.9 Å². The summed E-state index contributed by atoms with van der Waals surface area (Å²) in [6.45, 7) is 2.82. The molecule has 17 heavy (non-hydrogen) atoms. The molecule has 0 amide bonds. The molecule has 0 aromatic heterocycles. The van der Waals surface area contributed by atoms with E-state index in [1.54, 1.807) is 0 Å². The lowest BCUT2D eigenvalue weighted by molar-refractivity contribution is -0.146. The predicted octanol–water partition coefficient (Wildman–Crippen LogP) is 3.42. The molecule has 0 unspecified atom stereocenters. The Balaban J connectivity index is 3.15. The van der Waals surface area contributed by atoms with Gasteiger partial charge < -0.3 is 5.11 Å². The van der Waals surface area contributed by atoms with E-state index in [1.165, 1.54) is 26.0 Å². The number of rotatable bonds is 4. The van der Waals surface area contributed by atoms with Gasteiger partial charge in [0, 0.05) is 0 Å². The van der Waals surface area contributed by atoms with Gasteiger partial charge in [-0.2, -0.15) is 0 Å². The van der Waals surface area contributed by atoms with Gasteiger partial charge in [0.1, 0.15) is 5.82 Å². The minimum Gasteiger partial charge on any atom is -0.481 e. The second-order valence-electron chi connectivity index (χ2n) is 4.48. The van der Waals surface area contributed by atoms with Crippen molar-refractivity contribution in [2.24, 2.45) is 5.41 Å². The third-order valence-corrected chi connectivity index (χ3v) is 2.57. The van der Waals surface area contributed by atoms with E-state index in [4.69, 9.17) is 5.11 Å². The maximum Gasteiger partial charge on any atom is 0.309 e. The monoisotopic (exact) mass is 246 g/mol. The minimum atomic E-state index is -2.95. The fourth-order valence-corrected chi connectivity index (χ4v) is 1.53. The number of aliphatic carboxylic acids is 1. The summed E-state index contributed by atoms with van der Waals surface area (Å²) < 4.78 is 38.6. The van der Waals surface area contributed by atoms with Crippen LogP contribution in [-0.4, -0.2) is 11.1 Å². The zero-order chi connectivity index (χ0) is 13.2. The van der Waals surface area contributed by atoms with Crippen LogP contribution in [0.4, 0.5) is 13.2 Å². The van der Waals surface area contributed by atoms with Crippen LogP contribution in [0.5, 0.6) is 0 Å². The molecule has 0 aliphatic rings. The van der Waals surface area contributed by atoms with Gasteiger partial charge in [0.15, 0.2) is 0 Å². The van der Waals surface area contributed by atoms with Gasteiger partial charge in [-0.1, -0.05) is 12.1 Å². The topological polar surface area (TPSA) is 37.3 Å². The predicted molar refractivity (Wildman–Crippen MR) is 56.5 cm³/mol. The molecule has 0 spiro atoms. The van der Waals surface area contributed by atoms with Crippen LogP contribution >= 0.6 is 0 Å². The second-order valence-corrected chi connectivity index (χ2v) is 4.48. The Hall–Kier alpha value is -1.52. The molecule has 2 nitrogen and oxygen atoms in total. The quantitative estimate of drug-likeness (QED) is 0.883. The average molecular weight is 246 g/mol. The maximum atomic E-state index is 13.2. The molecule has 0 saturated heterocycles. The largest absolute Gasteiger partial charge is 0.481 e. The molecule has 1 aromatic carbocycles. The fraction of sp³-hybridized carbons (Fsp3) is 0.417. The van der Waals surface area contributed by atoms with Crippen molar-refractivity contribution in [3.63, 3.8) is 0 Å². The maximum absolute atomic E-state index is 13.2. The van der Waals surface area contributed by atoms with E-state index in [0.29, 0.717) is 0 Å². The van der Waals surface area contributed by atoms with Gasteiger partial charge in [0.05, 0.1) is 11.0 Å². The molecule has 1 N–H and O–H groups in total. The van der Waals surface area contributed by atoms with Gasteiger partial charge in [0.2, 0.25) is 0 Å². The minimum absolute atomic E-state index is 0.0346. The Kier molecular flexibility index (Phi) is 3.80. The lowest BCUT2D eigenvalue weighted by Gasteiger charge is -2.21. The summed E-state index contributed by atoms with van der Waals surface area (Å²) in [5.74, 6) is -2.11. The molecule has 1 rings (SSSR count). The third kappa shape index (κ3) is 2.99. The second kappa shape index (κ2) is 4.77. The van der Waals surface area contributed by atoms with Crippen LogP contribution in [0.3, 0.4) is 0 Å². The molecule has 5 heteroatoms. The first-order chi connectivity index (χ1) is 7.75. The van der Waals surface area contributed by atoms with E-state index in [-0.39, 0.29) is 12.0 Å². The van der Waals surface area contributed by atoms with Gasteiger partial charge in [-0.15, -0.1) is 0 Å². The number of carbonyl (C=O) groups is 1. The summed E-state index contributed by atoms with van der Waals surface area (Å²) in [5, 5.41) is 8.92. The van der Waals surface area contributed by atoms with Crippen LogP contribution in [0.25, 0.3) is 0 Å². The first-order valence-corrected chi connectivity index (χ1v) is 5.04. The smallest absolute Gasteiger partial charge is 0.309 e. The number of hydrogen-bond acceptors (Lipinski definition) is 1. The first kappa shape index (κ1) is 13.5. The summed E-state index contributed by atoms with van der Waals surface area (Å²) in [7, 11) is 0. The van der Waals surface area contributed by atoms with Crippen molar-refractivity contribution < 1.29 is 23.1 Å². The lowest BCUT2D eigenvalue weighted by Crippen LogP contribution is -2.26. The average Bonchev–Trinajstić information content (AvgIpc) is 2.15. The van der Waals surface area contributed by atoms with E-state index in [1.807, 2.05) is 0 Å². The normalized spacial score (nSPS) is 11.9. The Morgan fingerprint density at radius 1 is 1.41 bits per heavy atom. The highest BCUT2D eigenvalue weighted by Crippen LogP contribution is 2.31. The van der Waals surface area contributed by atoms with Crippen molar-refractivity contribution in [1.82, 2.24) is 0 Å². The van der Waals surface area contributed by atoms with Crippen LogP contribution < -0.4 is 0 Å². The molecule has 0 heterocycles. The van der Waals surface area contributed by atoms with E-state index < -0.39 is 29.2 Å².